The first kappa shape index (κ1) is 17.7. The monoisotopic (exact) mass is 344 g/mol. The predicted octanol–water partition coefficient (Wildman–Crippen LogP) is 2.03. The summed E-state index contributed by atoms with van der Waals surface area (Å²) in [5.74, 6) is -2.78. The van der Waals surface area contributed by atoms with Crippen molar-refractivity contribution in [2.24, 2.45) is 0 Å². The summed E-state index contributed by atoms with van der Waals surface area (Å²) in [4.78, 5) is 23.0. The van der Waals surface area contributed by atoms with Gasteiger partial charge in [-0.1, -0.05) is 12.1 Å². The van der Waals surface area contributed by atoms with Gasteiger partial charge in [-0.05, 0) is 17.7 Å². The predicted molar refractivity (Wildman–Crippen MR) is 84.6 cm³/mol. The number of ether oxygens (including phenoxy) is 1. The van der Waals surface area contributed by atoms with Crippen molar-refractivity contribution in [3.05, 3.63) is 29.8 Å². The maximum Gasteiger partial charge on any atom is 0.315 e. The Hall–Kier alpha value is -1.67. The summed E-state index contributed by atoms with van der Waals surface area (Å²) in [6.45, 7) is -0.477. The molecule has 126 valence electrons. The Morgan fingerprint density at radius 2 is 2.26 bits per heavy atom. The van der Waals surface area contributed by atoms with Gasteiger partial charge in [0.1, 0.15) is 0 Å². The average Bonchev–Trinajstić information content (AvgIpc) is 2.88. The summed E-state index contributed by atoms with van der Waals surface area (Å²) in [5, 5.41) is 5.15. The van der Waals surface area contributed by atoms with E-state index < -0.39 is 30.8 Å². The Morgan fingerprint density at radius 3 is 2.91 bits per heavy atom. The highest BCUT2D eigenvalue weighted by Crippen LogP contribution is 2.26. The van der Waals surface area contributed by atoms with Crippen LogP contribution >= 0.6 is 11.8 Å². The molecule has 8 heteroatoms. The van der Waals surface area contributed by atoms with E-state index in [1.807, 2.05) is 6.07 Å². The van der Waals surface area contributed by atoms with Gasteiger partial charge in [-0.15, -0.1) is 11.8 Å². The lowest BCUT2D eigenvalue weighted by Gasteiger charge is -2.12. The smallest absolute Gasteiger partial charge is 0.315 e. The normalized spacial score (nSPS) is 19.3. The minimum absolute atomic E-state index is 0.244. The van der Waals surface area contributed by atoms with Crippen LogP contribution in [0.25, 0.3) is 0 Å². The van der Waals surface area contributed by atoms with Crippen LogP contribution in [0.5, 0.6) is 0 Å². The lowest BCUT2D eigenvalue weighted by atomic mass is 10.1. The van der Waals surface area contributed by atoms with Gasteiger partial charge >= 0.3 is 5.97 Å². The maximum absolute atomic E-state index is 13.1. The van der Waals surface area contributed by atoms with Crippen molar-refractivity contribution in [3.8, 4) is 0 Å². The second kappa shape index (κ2) is 7.74. The molecule has 2 rings (SSSR count). The molecule has 1 fully saturated rings. The fourth-order valence-corrected chi connectivity index (χ4v) is 2.98. The van der Waals surface area contributed by atoms with E-state index in [2.05, 4.69) is 15.4 Å². The van der Waals surface area contributed by atoms with Gasteiger partial charge in [0.15, 0.2) is 0 Å². The zero-order valence-electron chi connectivity index (χ0n) is 12.6. The Bertz CT molecular complexity index is 584. The summed E-state index contributed by atoms with van der Waals surface area (Å²) in [5.41, 5.74) is 1.46. The first-order chi connectivity index (χ1) is 10.9. The van der Waals surface area contributed by atoms with Gasteiger partial charge in [-0.3, -0.25) is 14.9 Å². The first-order valence-electron chi connectivity index (χ1n) is 7.05. The molecule has 2 N–H and O–H groups in total. The average molecular weight is 344 g/mol. The largest absolute Gasteiger partial charge is 0.468 e. The van der Waals surface area contributed by atoms with Crippen molar-refractivity contribution in [2.75, 3.05) is 24.7 Å². The standard InChI is InChI=1S/C15H18F2N2O3S/c1-22-13(20)8-23-7-10-3-2-4-11(5-10)19-14(21)12-6-15(16,17)9-18-12/h2-5,12,18H,6-9H2,1H3,(H,19,21). The lowest BCUT2D eigenvalue weighted by molar-refractivity contribution is -0.137. The highest BCUT2D eigenvalue weighted by atomic mass is 32.2. The lowest BCUT2D eigenvalue weighted by Crippen LogP contribution is -2.35. The Morgan fingerprint density at radius 1 is 1.48 bits per heavy atom. The number of esters is 1. The van der Waals surface area contributed by atoms with E-state index in [0.717, 1.165) is 5.56 Å². The second-order valence-electron chi connectivity index (χ2n) is 5.25. The van der Waals surface area contributed by atoms with Crippen LogP contribution in [0.3, 0.4) is 0 Å². The zero-order valence-corrected chi connectivity index (χ0v) is 13.4. The highest BCUT2D eigenvalue weighted by molar-refractivity contribution is 7.99. The molecule has 1 aromatic carbocycles. The molecule has 23 heavy (non-hydrogen) atoms. The molecule has 5 nitrogen and oxygen atoms in total. The molecule has 1 saturated heterocycles. The number of thioether (sulfide) groups is 1. The maximum atomic E-state index is 13.1. The molecule has 1 aliphatic rings. The van der Waals surface area contributed by atoms with E-state index in [-0.39, 0.29) is 11.7 Å². The number of hydrogen-bond acceptors (Lipinski definition) is 5. The van der Waals surface area contributed by atoms with Gasteiger partial charge in [0.2, 0.25) is 5.91 Å². The number of amides is 1. The fourth-order valence-electron chi connectivity index (χ4n) is 2.18. The number of benzene rings is 1. The number of carbonyl (C=O) groups excluding carboxylic acids is 2. The third-order valence-corrected chi connectivity index (χ3v) is 4.31. The van der Waals surface area contributed by atoms with Gasteiger partial charge in [-0.25, -0.2) is 8.78 Å². The SMILES string of the molecule is COC(=O)CSCc1cccc(NC(=O)C2CC(F)(F)CN2)c1. The molecule has 0 spiro atoms. The number of alkyl halides is 2. The van der Waals surface area contributed by atoms with Crippen molar-refractivity contribution in [2.45, 2.75) is 24.1 Å². The summed E-state index contributed by atoms with van der Waals surface area (Å²) in [6.07, 6.45) is -0.493. The summed E-state index contributed by atoms with van der Waals surface area (Å²) in [7, 11) is 1.33. The van der Waals surface area contributed by atoms with Crippen molar-refractivity contribution < 1.29 is 23.1 Å². The molecule has 1 aromatic rings. The van der Waals surface area contributed by atoms with Gasteiger partial charge < -0.3 is 10.1 Å². The molecular formula is C15H18F2N2O3S. The van der Waals surface area contributed by atoms with Crippen molar-refractivity contribution in [1.29, 1.82) is 0 Å². The van der Waals surface area contributed by atoms with E-state index in [1.165, 1.54) is 18.9 Å². The molecular weight excluding hydrogens is 326 g/mol. The summed E-state index contributed by atoms with van der Waals surface area (Å²) >= 11 is 1.39. The number of anilines is 1. The van der Waals surface area contributed by atoms with Crippen molar-refractivity contribution in [3.63, 3.8) is 0 Å². The highest BCUT2D eigenvalue weighted by Gasteiger charge is 2.42. The van der Waals surface area contributed by atoms with Gasteiger partial charge in [-0.2, -0.15) is 0 Å². The molecule has 1 aliphatic heterocycles. The fraction of sp³-hybridized carbons (Fsp3) is 0.467. The van der Waals surface area contributed by atoms with Crippen molar-refractivity contribution in [1.82, 2.24) is 5.32 Å². The van der Waals surface area contributed by atoms with Crippen LogP contribution in [0, 0.1) is 0 Å². The van der Waals surface area contributed by atoms with Crippen LogP contribution in [0.1, 0.15) is 12.0 Å². The zero-order chi connectivity index (χ0) is 16.9. The van der Waals surface area contributed by atoms with Crippen LogP contribution in [0.4, 0.5) is 14.5 Å². The van der Waals surface area contributed by atoms with Gasteiger partial charge in [0.25, 0.3) is 5.92 Å². The molecule has 1 unspecified atom stereocenters. The molecule has 1 atom stereocenters. The number of hydrogen-bond donors (Lipinski definition) is 2. The van der Waals surface area contributed by atoms with E-state index in [1.54, 1.807) is 18.2 Å². The van der Waals surface area contributed by atoms with Gasteiger partial charge in [0.05, 0.1) is 25.4 Å². The molecule has 0 aromatic heterocycles. The van der Waals surface area contributed by atoms with E-state index in [4.69, 9.17) is 0 Å². The first-order valence-corrected chi connectivity index (χ1v) is 8.21. The molecule has 1 heterocycles. The summed E-state index contributed by atoms with van der Waals surface area (Å²) < 4.78 is 30.8. The quantitative estimate of drug-likeness (QED) is 0.773. The Kier molecular flexibility index (Phi) is 5.95. The van der Waals surface area contributed by atoms with Crippen LogP contribution in [0.15, 0.2) is 24.3 Å². The molecule has 0 radical (unpaired) electrons. The molecule has 0 saturated carbocycles. The molecule has 1 amide bonds. The van der Waals surface area contributed by atoms with Crippen molar-refractivity contribution >= 4 is 29.3 Å². The van der Waals surface area contributed by atoms with Crippen LogP contribution < -0.4 is 10.6 Å². The van der Waals surface area contributed by atoms with Gasteiger partial charge in [0, 0.05) is 17.9 Å². The number of rotatable bonds is 6. The van der Waals surface area contributed by atoms with Crippen LogP contribution in [0.2, 0.25) is 0 Å². The topological polar surface area (TPSA) is 67.4 Å². The Labute approximate surface area is 137 Å². The number of halogens is 2. The number of carbonyl (C=O) groups is 2. The number of methoxy groups -OCH3 is 1. The summed E-state index contributed by atoms with van der Waals surface area (Å²) in [6, 6.07) is 6.19. The van der Waals surface area contributed by atoms with Crippen LogP contribution in [-0.2, 0) is 20.1 Å². The van der Waals surface area contributed by atoms with E-state index >= 15 is 0 Å². The Balaban J connectivity index is 1.87. The second-order valence-corrected chi connectivity index (χ2v) is 6.24. The van der Waals surface area contributed by atoms with Crippen LogP contribution in [-0.4, -0.2) is 43.2 Å². The third kappa shape index (κ3) is 5.47. The minimum Gasteiger partial charge on any atom is -0.468 e. The van der Waals surface area contributed by atoms with E-state index in [9.17, 15) is 18.4 Å². The number of nitrogens with one attached hydrogen (secondary N) is 2. The van der Waals surface area contributed by atoms with E-state index in [0.29, 0.717) is 11.4 Å². The minimum atomic E-state index is -2.84. The molecule has 0 bridgehead atoms. The third-order valence-electron chi connectivity index (χ3n) is 3.34. The molecule has 0 aliphatic carbocycles.